The average Bonchev–Trinajstić information content (AvgIpc) is 3.64. The minimum absolute atomic E-state index is 0.0962. The summed E-state index contributed by atoms with van der Waals surface area (Å²) in [6.45, 7) is 4.81. The van der Waals surface area contributed by atoms with Gasteiger partial charge in [-0.05, 0) is 76.9 Å². The van der Waals surface area contributed by atoms with Crippen molar-refractivity contribution in [2.24, 2.45) is 0 Å². The van der Waals surface area contributed by atoms with Crippen LogP contribution in [-0.2, 0) is 5.41 Å². The molecule has 6 aromatic carbocycles. The van der Waals surface area contributed by atoms with Crippen LogP contribution in [0.5, 0.6) is 0 Å². The summed E-state index contributed by atoms with van der Waals surface area (Å²) >= 11 is 5.73. The second-order valence-electron chi connectivity index (χ2n) is 12.1. The summed E-state index contributed by atoms with van der Waals surface area (Å²) in [6, 6.07) is 43.3. The lowest BCUT2D eigenvalue weighted by molar-refractivity contribution is 0.658. The van der Waals surface area contributed by atoms with Gasteiger partial charge in [-0.2, -0.15) is 0 Å². The van der Waals surface area contributed by atoms with Gasteiger partial charge < -0.3 is 4.57 Å². The molecule has 0 fully saturated rings. The average molecular weight is 604 g/mol. The monoisotopic (exact) mass is 603 g/mol. The Balaban J connectivity index is 1.25. The molecule has 0 N–H and O–H groups in total. The predicted molar refractivity (Wildman–Crippen MR) is 186 cm³/mol. The first kappa shape index (κ1) is 24.5. The lowest BCUT2D eigenvalue weighted by Crippen LogP contribution is -2.15. The largest absolute Gasteiger partial charge is 0.308 e. The highest BCUT2D eigenvalue weighted by Crippen LogP contribution is 2.56. The summed E-state index contributed by atoms with van der Waals surface area (Å²) in [6.07, 6.45) is 0. The number of fused-ring (bicyclic) bond motifs is 11. The highest BCUT2D eigenvalue weighted by Gasteiger charge is 2.38. The maximum atomic E-state index is 2.52. The Kier molecular flexibility index (Phi) is 4.88. The first-order chi connectivity index (χ1) is 21.1. The molecule has 8 aromatic rings. The zero-order valence-electron chi connectivity index (χ0n) is 23.6. The molecule has 43 heavy (non-hydrogen) atoms. The van der Waals surface area contributed by atoms with Crippen LogP contribution >= 0.6 is 34.9 Å². The number of hydrogen-bond donors (Lipinski definition) is 0. The van der Waals surface area contributed by atoms with Gasteiger partial charge in [0.25, 0.3) is 0 Å². The summed E-state index contributed by atoms with van der Waals surface area (Å²) < 4.78 is 5.20. The molecule has 0 saturated carbocycles. The van der Waals surface area contributed by atoms with Gasteiger partial charge in [0.05, 0.1) is 21.4 Å². The van der Waals surface area contributed by atoms with Crippen LogP contribution in [0.2, 0.25) is 0 Å². The van der Waals surface area contributed by atoms with Crippen LogP contribution < -0.4 is 0 Å². The van der Waals surface area contributed by atoms with E-state index < -0.39 is 0 Å². The molecule has 0 spiro atoms. The van der Waals surface area contributed by atoms with Crippen molar-refractivity contribution in [3.8, 4) is 16.8 Å². The van der Waals surface area contributed by atoms with E-state index in [4.69, 9.17) is 0 Å². The molecule has 1 aliphatic carbocycles. The van der Waals surface area contributed by atoms with Crippen LogP contribution in [-0.4, -0.2) is 4.57 Å². The van der Waals surface area contributed by atoms with Crippen molar-refractivity contribution in [2.75, 3.05) is 0 Å². The first-order valence-corrected chi connectivity index (χ1v) is 17.1. The van der Waals surface area contributed by atoms with Crippen LogP contribution in [0.15, 0.2) is 135 Å². The number of benzene rings is 6. The quantitative estimate of drug-likeness (QED) is 0.184. The second-order valence-corrected chi connectivity index (χ2v) is 15.4. The van der Waals surface area contributed by atoms with Crippen LogP contribution in [0.4, 0.5) is 0 Å². The fourth-order valence-corrected chi connectivity index (χ4v) is 10.9. The highest BCUT2D eigenvalue weighted by molar-refractivity contribution is 8.05. The first-order valence-electron chi connectivity index (χ1n) is 14.7. The number of hydrogen-bond acceptors (Lipinski definition) is 3. The Hall–Kier alpha value is -3.96. The standard InChI is InChI=1S/C39H25NS3/c1-39(2)28-20-32-27(18-25(28)26-19-36-37(21-29(26)39)42-35-17-8-7-16-34(35)41-36)22-10-3-5-13-30(22)40(32)31-14-9-12-24-23-11-4-6-15-33(23)43-38(24)31/h3-21H,1-2H3. The number of rotatable bonds is 1. The molecular formula is C39H25NS3. The van der Waals surface area contributed by atoms with Gasteiger partial charge in [-0.15, -0.1) is 11.3 Å². The molecule has 1 aliphatic heterocycles. The summed E-state index contributed by atoms with van der Waals surface area (Å²) in [5.74, 6) is 0. The molecule has 0 bridgehead atoms. The minimum Gasteiger partial charge on any atom is -0.308 e. The smallest absolute Gasteiger partial charge is 0.0640 e. The maximum absolute atomic E-state index is 2.52. The van der Waals surface area contributed by atoms with E-state index >= 15 is 0 Å². The van der Waals surface area contributed by atoms with Gasteiger partial charge in [-0.1, -0.05) is 98.0 Å². The lowest BCUT2D eigenvalue weighted by atomic mass is 9.82. The Bertz CT molecular complexity index is 2490. The van der Waals surface area contributed by atoms with E-state index in [1.54, 1.807) is 0 Å². The van der Waals surface area contributed by atoms with Crippen molar-refractivity contribution in [1.82, 2.24) is 4.57 Å². The van der Waals surface area contributed by atoms with E-state index in [1.807, 2.05) is 34.9 Å². The zero-order valence-corrected chi connectivity index (χ0v) is 26.1. The molecular weight excluding hydrogens is 579 g/mol. The molecule has 4 heteroatoms. The molecule has 1 nitrogen and oxygen atoms in total. The van der Waals surface area contributed by atoms with Crippen molar-refractivity contribution >= 4 is 76.8 Å². The number of para-hydroxylation sites is 1. The highest BCUT2D eigenvalue weighted by atomic mass is 32.2. The molecule has 204 valence electrons. The second kappa shape index (κ2) is 8.57. The zero-order chi connectivity index (χ0) is 28.4. The molecule has 2 aliphatic rings. The number of nitrogens with zero attached hydrogens (tertiary/aromatic N) is 1. The Morgan fingerprint density at radius 1 is 0.512 bits per heavy atom. The van der Waals surface area contributed by atoms with Crippen molar-refractivity contribution < 1.29 is 0 Å². The van der Waals surface area contributed by atoms with E-state index in [9.17, 15) is 0 Å². The third kappa shape index (κ3) is 3.26. The van der Waals surface area contributed by atoms with Gasteiger partial charge in [-0.3, -0.25) is 0 Å². The maximum Gasteiger partial charge on any atom is 0.0640 e. The summed E-state index contributed by atoms with van der Waals surface area (Å²) in [7, 11) is 0. The molecule has 0 radical (unpaired) electrons. The van der Waals surface area contributed by atoms with Crippen LogP contribution in [0.25, 0.3) is 58.8 Å². The third-order valence-corrected chi connectivity index (χ3v) is 13.2. The van der Waals surface area contributed by atoms with Gasteiger partial charge in [0.2, 0.25) is 0 Å². The van der Waals surface area contributed by atoms with E-state index in [0.29, 0.717) is 0 Å². The molecule has 0 atom stereocenters. The van der Waals surface area contributed by atoms with Crippen molar-refractivity contribution in [1.29, 1.82) is 0 Å². The number of aromatic nitrogens is 1. The van der Waals surface area contributed by atoms with E-state index in [2.05, 4.69) is 134 Å². The van der Waals surface area contributed by atoms with Gasteiger partial charge >= 0.3 is 0 Å². The minimum atomic E-state index is -0.0962. The van der Waals surface area contributed by atoms with Crippen molar-refractivity contribution in [3.63, 3.8) is 0 Å². The molecule has 0 unspecified atom stereocenters. The fourth-order valence-electron chi connectivity index (χ4n) is 7.38. The van der Waals surface area contributed by atoms with E-state index in [-0.39, 0.29) is 5.41 Å². The van der Waals surface area contributed by atoms with Gasteiger partial charge in [0, 0.05) is 51.2 Å². The van der Waals surface area contributed by atoms with Gasteiger partial charge in [-0.25, -0.2) is 0 Å². The van der Waals surface area contributed by atoms with Crippen molar-refractivity contribution in [3.05, 3.63) is 126 Å². The Morgan fingerprint density at radius 2 is 1.16 bits per heavy atom. The summed E-state index contributed by atoms with van der Waals surface area (Å²) in [5, 5.41) is 5.30. The molecule has 2 aromatic heterocycles. The van der Waals surface area contributed by atoms with E-state index in [1.165, 1.54) is 89.5 Å². The van der Waals surface area contributed by atoms with Gasteiger partial charge in [0.1, 0.15) is 0 Å². The fraction of sp³-hybridized carbons (Fsp3) is 0.0769. The molecule has 10 rings (SSSR count). The molecule has 0 amide bonds. The summed E-state index contributed by atoms with van der Waals surface area (Å²) in [5.41, 5.74) is 9.32. The number of thiophene rings is 1. The van der Waals surface area contributed by atoms with Gasteiger partial charge in [0.15, 0.2) is 0 Å². The van der Waals surface area contributed by atoms with Crippen molar-refractivity contribution in [2.45, 2.75) is 38.8 Å². The van der Waals surface area contributed by atoms with Crippen LogP contribution in [0, 0.1) is 0 Å². The topological polar surface area (TPSA) is 4.93 Å². The predicted octanol–water partition coefficient (Wildman–Crippen LogP) is 12.1. The normalized spacial score (nSPS) is 14.7. The lowest BCUT2D eigenvalue weighted by Gasteiger charge is -2.24. The van der Waals surface area contributed by atoms with E-state index in [0.717, 1.165) is 0 Å². The third-order valence-electron chi connectivity index (χ3n) is 9.45. The Morgan fingerprint density at radius 3 is 2.00 bits per heavy atom. The summed E-state index contributed by atoms with van der Waals surface area (Å²) in [4.78, 5) is 5.45. The molecule has 0 saturated heterocycles. The molecule has 3 heterocycles. The SMILES string of the molecule is CC1(C)c2cc3c(cc2-c2cc4c5ccccc5n(-c5cccc6c5sc5ccccc56)c4cc21)Sc1ccccc1S3. The van der Waals surface area contributed by atoms with Crippen LogP contribution in [0.3, 0.4) is 0 Å². The van der Waals surface area contributed by atoms with Crippen LogP contribution in [0.1, 0.15) is 25.0 Å². The Labute approximate surface area is 262 Å².